The molecule has 0 saturated carbocycles. The fourth-order valence-corrected chi connectivity index (χ4v) is 3.24. The van der Waals surface area contributed by atoms with E-state index in [1.807, 2.05) is 24.3 Å². The molecule has 1 heterocycles. The summed E-state index contributed by atoms with van der Waals surface area (Å²) in [7, 11) is 1.57. The Bertz CT molecular complexity index is 704. The van der Waals surface area contributed by atoms with Crippen molar-refractivity contribution in [2.75, 3.05) is 29.2 Å². The molecule has 2 amide bonds. The van der Waals surface area contributed by atoms with E-state index in [4.69, 9.17) is 4.74 Å². The van der Waals surface area contributed by atoms with Crippen molar-refractivity contribution in [1.29, 1.82) is 0 Å². The van der Waals surface area contributed by atoms with Crippen LogP contribution in [0.25, 0.3) is 0 Å². The average Bonchev–Trinajstić information content (AvgIpc) is 3.03. The minimum Gasteiger partial charge on any atom is -0.377 e. The number of aromatic nitrogens is 2. The van der Waals surface area contributed by atoms with Gasteiger partial charge in [0.15, 0.2) is 0 Å². The first-order valence-electron chi connectivity index (χ1n) is 7.68. The molecule has 134 valence electrons. The van der Waals surface area contributed by atoms with E-state index in [1.54, 1.807) is 7.11 Å². The van der Waals surface area contributed by atoms with Gasteiger partial charge in [-0.25, -0.2) is 0 Å². The Morgan fingerprint density at radius 1 is 1.12 bits per heavy atom. The van der Waals surface area contributed by atoms with Crippen LogP contribution in [0, 0.1) is 0 Å². The predicted molar refractivity (Wildman–Crippen MR) is 101 cm³/mol. The highest BCUT2D eigenvalue weighted by Gasteiger charge is 2.10. The van der Waals surface area contributed by atoms with Gasteiger partial charge in [-0.3, -0.25) is 14.9 Å². The van der Waals surface area contributed by atoms with Gasteiger partial charge in [0, 0.05) is 12.8 Å². The number of ether oxygens (including phenoxy) is 1. The summed E-state index contributed by atoms with van der Waals surface area (Å²) in [5, 5.41) is 14.3. The van der Waals surface area contributed by atoms with Crippen molar-refractivity contribution >= 4 is 45.7 Å². The molecule has 2 aromatic rings. The van der Waals surface area contributed by atoms with Gasteiger partial charge in [0.25, 0.3) is 0 Å². The van der Waals surface area contributed by atoms with Crippen molar-refractivity contribution in [3.8, 4) is 0 Å². The monoisotopic (exact) mass is 380 g/mol. The maximum atomic E-state index is 11.9. The van der Waals surface area contributed by atoms with Crippen LogP contribution in [0.5, 0.6) is 0 Å². The van der Waals surface area contributed by atoms with E-state index in [9.17, 15) is 9.59 Å². The van der Waals surface area contributed by atoms with Crippen LogP contribution >= 0.6 is 23.1 Å². The maximum absolute atomic E-state index is 11.9. The lowest BCUT2D eigenvalue weighted by molar-refractivity contribution is -0.114. The van der Waals surface area contributed by atoms with E-state index < -0.39 is 0 Å². The number of amides is 2. The van der Waals surface area contributed by atoms with Gasteiger partial charge in [-0.1, -0.05) is 30.4 Å². The summed E-state index contributed by atoms with van der Waals surface area (Å²) in [6, 6.07) is 7.72. The van der Waals surface area contributed by atoms with Crippen molar-refractivity contribution in [2.45, 2.75) is 20.0 Å². The molecule has 1 aromatic carbocycles. The molecule has 0 aliphatic carbocycles. The first kappa shape index (κ1) is 19.4. The Hall–Kier alpha value is -1.97. The van der Waals surface area contributed by atoms with Crippen molar-refractivity contribution in [3.05, 3.63) is 34.8 Å². The minimum absolute atomic E-state index is 0.139. The lowest BCUT2D eigenvalue weighted by Gasteiger charge is -2.06. The molecule has 2 rings (SSSR count). The lowest BCUT2D eigenvalue weighted by Crippen LogP contribution is -2.18. The van der Waals surface area contributed by atoms with Gasteiger partial charge < -0.3 is 10.1 Å². The number of rotatable bonds is 9. The Kier molecular flexibility index (Phi) is 7.83. The second-order valence-corrected chi connectivity index (χ2v) is 7.12. The third-order valence-corrected chi connectivity index (χ3v) is 4.84. The Balaban J connectivity index is 1.68. The molecule has 25 heavy (non-hydrogen) atoms. The van der Waals surface area contributed by atoms with E-state index in [2.05, 4.69) is 27.8 Å². The maximum Gasteiger partial charge on any atom is 0.236 e. The number of benzene rings is 1. The smallest absolute Gasteiger partial charge is 0.236 e. The summed E-state index contributed by atoms with van der Waals surface area (Å²) in [6.07, 6.45) is 0.959. The molecule has 0 saturated heterocycles. The number of hydrogen-bond donors (Lipinski definition) is 2. The van der Waals surface area contributed by atoms with Crippen molar-refractivity contribution in [1.82, 2.24) is 10.2 Å². The number of carbonyl (C=O) groups excluding carboxylic acids is 2. The first-order chi connectivity index (χ1) is 12.1. The van der Waals surface area contributed by atoms with Crippen molar-refractivity contribution in [2.24, 2.45) is 0 Å². The highest BCUT2D eigenvalue weighted by atomic mass is 32.2. The molecule has 2 N–H and O–H groups in total. The first-order valence-corrected chi connectivity index (χ1v) is 9.65. The molecular formula is C16H20N4O3S2. The highest BCUT2D eigenvalue weighted by molar-refractivity contribution is 8.00. The van der Waals surface area contributed by atoms with Crippen LogP contribution in [0.4, 0.5) is 10.8 Å². The zero-order valence-electron chi connectivity index (χ0n) is 14.1. The molecule has 0 spiro atoms. The summed E-state index contributed by atoms with van der Waals surface area (Å²) in [5.74, 6) is 0.0145. The van der Waals surface area contributed by atoms with Gasteiger partial charge in [-0.2, -0.15) is 0 Å². The largest absolute Gasteiger partial charge is 0.377 e. The van der Waals surface area contributed by atoms with Crippen LogP contribution < -0.4 is 10.6 Å². The predicted octanol–water partition coefficient (Wildman–Crippen LogP) is 2.56. The molecule has 9 heteroatoms. The highest BCUT2D eigenvalue weighted by Crippen LogP contribution is 2.16. The summed E-state index contributed by atoms with van der Waals surface area (Å²) in [6.45, 7) is 2.44. The molecule has 7 nitrogen and oxygen atoms in total. The van der Waals surface area contributed by atoms with E-state index in [1.165, 1.54) is 28.7 Å². The quantitative estimate of drug-likeness (QED) is 0.694. The number of aryl methyl sites for hydroxylation is 1. The standard InChI is InChI=1S/C16H20N4O3S2/c1-3-11-4-6-12(7-5-11)17-13(21)9-24-10-14(22)18-16-20-19-15(25-16)8-23-2/h4-7H,3,8-10H2,1-2H3,(H,17,21)(H,18,20,22). The van der Waals surface area contributed by atoms with E-state index in [0.29, 0.717) is 16.7 Å². The van der Waals surface area contributed by atoms with Gasteiger partial charge in [-0.05, 0) is 24.1 Å². The van der Waals surface area contributed by atoms with E-state index in [-0.39, 0.29) is 23.3 Å². The normalized spacial score (nSPS) is 10.5. The van der Waals surface area contributed by atoms with Crippen LogP contribution in [0.2, 0.25) is 0 Å². The summed E-state index contributed by atoms with van der Waals surface area (Å²) in [5.41, 5.74) is 1.97. The molecule has 0 aliphatic heterocycles. The molecule has 0 bridgehead atoms. The lowest BCUT2D eigenvalue weighted by atomic mass is 10.1. The topological polar surface area (TPSA) is 93.2 Å². The van der Waals surface area contributed by atoms with E-state index in [0.717, 1.165) is 12.1 Å². The third-order valence-electron chi connectivity index (χ3n) is 3.09. The molecular weight excluding hydrogens is 360 g/mol. The number of nitrogens with one attached hydrogen (secondary N) is 2. The average molecular weight is 380 g/mol. The van der Waals surface area contributed by atoms with Crippen LogP contribution in [0.15, 0.2) is 24.3 Å². The summed E-state index contributed by atoms with van der Waals surface area (Å²) >= 11 is 2.50. The zero-order chi connectivity index (χ0) is 18.1. The van der Waals surface area contributed by atoms with Crippen LogP contribution in [0.3, 0.4) is 0 Å². The van der Waals surface area contributed by atoms with Gasteiger partial charge in [0.1, 0.15) is 11.6 Å². The summed E-state index contributed by atoms with van der Waals surface area (Å²) < 4.78 is 4.95. The number of carbonyl (C=O) groups is 2. The number of anilines is 2. The Morgan fingerprint density at radius 3 is 2.44 bits per heavy atom. The van der Waals surface area contributed by atoms with E-state index >= 15 is 0 Å². The Morgan fingerprint density at radius 2 is 1.80 bits per heavy atom. The van der Waals surface area contributed by atoms with Gasteiger partial charge in [0.05, 0.1) is 11.5 Å². The summed E-state index contributed by atoms with van der Waals surface area (Å²) in [4.78, 5) is 23.7. The SMILES string of the molecule is CCc1ccc(NC(=O)CSCC(=O)Nc2nnc(COC)s2)cc1. The molecule has 0 aliphatic rings. The van der Waals surface area contributed by atoms with Gasteiger partial charge in [-0.15, -0.1) is 22.0 Å². The van der Waals surface area contributed by atoms with Gasteiger partial charge >= 0.3 is 0 Å². The second-order valence-electron chi connectivity index (χ2n) is 5.07. The number of thioether (sulfide) groups is 1. The minimum atomic E-state index is -0.217. The van der Waals surface area contributed by atoms with Crippen LogP contribution in [-0.2, 0) is 27.4 Å². The molecule has 0 unspecified atom stereocenters. The second kappa shape index (κ2) is 10.1. The Labute approximate surface area is 154 Å². The molecule has 0 radical (unpaired) electrons. The van der Waals surface area contributed by atoms with Crippen LogP contribution in [0.1, 0.15) is 17.5 Å². The molecule has 0 atom stereocenters. The number of methoxy groups -OCH3 is 1. The fraction of sp³-hybridized carbons (Fsp3) is 0.375. The van der Waals surface area contributed by atoms with Gasteiger partial charge in [0.2, 0.25) is 16.9 Å². The third kappa shape index (κ3) is 6.81. The zero-order valence-corrected chi connectivity index (χ0v) is 15.7. The fourth-order valence-electron chi connectivity index (χ4n) is 1.90. The molecule has 0 fully saturated rings. The number of hydrogen-bond acceptors (Lipinski definition) is 7. The van der Waals surface area contributed by atoms with Crippen molar-refractivity contribution in [3.63, 3.8) is 0 Å². The molecule has 1 aromatic heterocycles. The number of nitrogens with zero attached hydrogens (tertiary/aromatic N) is 2. The van der Waals surface area contributed by atoms with Crippen molar-refractivity contribution < 1.29 is 14.3 Å². The van der Waals surface area contributed by atoms with Crippen LogP contribution in [-0.4, -0.2) is 40.6 Å².